The van der Waals surface area contributed by atoms with Gasteiger partial charge in [0, 0.05) is 19.3 Å². The summed E-state index contributed by atoms with van der Waals surface area (Å²) in [6.45, 7) is 4.51. The second-order valence-corrected chi connectivity index (χ2v) is 5.59. The first-order chi connectivity index (χ1) is 9.94. The number of ether oxygens (including phenoxy) is 1. The van der Waals surface area contributed by atoms with Gasteiger partial charge in [0.1, 0.15) is 11.3 Å². The molecule has 0 saturated carbocycles. The molecule has 1 aromatic rings. The molecule has 1 fully saturated rings. The first-order valence-corrected chi connectivity index (χ1v) is 7.05. The van der Waals surface area contributed by atoms with Crippen LogP contribution in [-0.2, 0) is 4.74 Å². The van der Waals surface area contributed by atoms with Crippen molar-refractivity contribution in [1.82, 2.24) is 10.3 Å². The number of carbonyl (C=O) groups excluding carboxylic acids is 1. The Kier molecular flexibility index (Phi) is 4.94. The Labute approximate surface area is 124 Å². The second kappa shape index (κ2) is 6.70. The number of aliphatic hydroxyl groups is 1. The van der Waals surface area contributed by atoms with Crippen molar-refractivity contribution >= 4 is 5.91 Å². The van der Waals surface area contributed by atoms with Gasteiger partial charge in [-0.05, 0) is 44.7 Å². The van der Waals surface area contributed by atoms with Gasteiger partial charge in [0.15, 0.2) is 0 Å². The van der Waals surface area contributed by atoms with Crippen LogP contribution < -0.4 is 5.32 Å². The van der Waals surface area contributed by atoms with E-state index < -0.39 is 5.60 Å². The molecule has 1 atom stereocenters. The van der Waals surface area contributed by atoms with Crippen LogP contribution in [0.2, 0.25) is 0 Å². The van der Waals surface area contributed by atoms with Crippen LogP contribution in [0.25, 0.3) is 0 Å². The third-order valence-electron chi connectivity index (χ3n) is 3.04. The van der Waals surface area contributed by atoms with E-state index in [2.05, 4.69) is 22.1 Å². The Morgan fingerprint density at radius 2 is 2.38 bits per heavy atom. The highest BCUT2D eigenvalue weighted by atomic mass is 16.5. The van der Waals surface area contributed by atoms with Gasteiger partial charge in [0.2, 0.25) is 0 Å². The summed E-state index contributed by atoms with van der Waals surface area (Å²) in [5, 5.41) is 12.4. The average molecular weight is 288 g/mol. The summed E-state index contributed by atoms with van der Waals surface area (Å²) >= 11 is 0. The van der Waals surface area contributed by atoms with Crippen molar-refractivity contribution in [3.8, 4) is 11.8 Å². The number of carbonyl (C=O) groups is 1. The molecule has 0 radical (unpaired) electrons. The summed E-state index contributed by atoms with van der Waals surface area (Å²) in [6, 6.07) is 3.34. The van der Waals surface area contributed by atoms with Gasteiger partial charge in [-0.25, -0.2) is 4.98 Å². The van der Waals surface area contributed by atoms with E-state index in [0.717, 1.165) is 19.4 Å². The zero-order chi connectivity index (χ0) is 15.3. The Morgan fingerprint density at radius 1 is 1.57 bits per heavy atom. The lowest BCUT2D eigenvalue weighted by molar-refractivity contribution is 0.0857. The SMILES string of the molecule is CC(C)(O)C#Cc1ccc(C(=O)NCC2CCCO2)cn1. The lowest BCUT2D eigenvalue weighted by Crippen LogP contribution is -2.31. The van der Waals surface area contributed by atoms with E-state index in [0.29, 0.717) is 17.8 Å². The second-order valence-electron chi connectivity index (χ2n) is 5.59. The van der Waals surface area contributed by atoms with Crippen molar-refractivity contribution in [2.45, 2.75) is 38.4 Å². The lowest BCUT2D eigenvalue weighted by atomic mass is 10.1. The standard InChI is InChI=1S/C16H20N2O3/c1-16(2,20)8-7-13-6-5-12(10-17-13)15(19)18-11-14-4-3-9-21-14/h5-6,10,14,20H,3-4,9,11H2,1-2H3,(H,18,19). The van der Waals surface area contributed by atoms with E-state index in [9.17, 15) is 9.90 Å². The number of hydrogen-bond donors (Lipinski definition) is 2. The zero-order valence-corrected chi connectivity index (χ0v) is 12.3. The molecule has 2 heterocycles. The quantitative estimate of drug-likeness (QED) is 0.817. The van der Waals surface area contributed by atoms with E-state index >= 15 is 0 Å². The fourth-order valence-corrected chi connectivity index (χ4v) is 1.93. The molecule has 1 amide bonds. The van der Waals surface area contributed by atoms with Crippen molar-refractivity contribution in [3.05, 3.63) is 29.6 Å². The Bertz CT molecular complexity index is 544. The lowest BCUT2D eigenvalue weighted by Gasteiger charge is -2.10. The predicted octanol–water partition coefficient (Wildman–Crippen LogP) is 1.11. The van der Waals surface area contributed by atoms with Gasteiger partial charge < -0.3 is 15.2 Å². The van der Waals surface area contributed by atoms with Gasteiger partial charge in [0.25, 0.3) is 5.91 Å². The molecule has 0 aromatic carbocycles. The van der Waals surface area contributed by atoms with E-state index in [-0.39, 0.29) is 12.0 Å². The molecular formula is C16H20N2O3. The molecule has 112 valence electrons. The highest BCUT2D eigenvalue weighted by molar-refractivity contribution is 5.93. The first-order valence-electron chi connectivity index (χ1n) is 7.05. The highest BCUT2D eigenvalue weighted by Gasteiger charge is 2.16. The predicted molar refractivity (Wildman–Crippen MR) is 78.7 cm³/mol. The molecule has 0 spiro atoms. The van der Waals surface area contributed by atoms with Crippen LogP contribution in [0.1, 0.15) is 42.7 Å². The Hall–Kier alpha value is -1.90. The number of nitrogens with one attached hydrogen (secondary N) is 1. The van der Waals surface area contributed by atoms with E-state index in [1.54, 1.807) is 26.0 Å². The Morgan fingerprint density at radius 3 is 2.95 bits per heavy atom. The molecule has 1 aromatic heterocycles. The molecule has 0 bridgehead atoms. The minimum atomic E-state index is -1.06. The zero-order valence-electron chi connectivity index (χ0n) is 12.3. The topological polar surface area (TPSA) is 71.5 Å². The van der Waals surface area contributed by atoms with Gasteiger partial charge in [0.05, 0.1) is 11.7 Å². The maximum absolute atomic E-state index is 11.9. The summed E-state index contributed by atoms with van der Waals surface area (Å²) < 4.78 is 5.45. The third kappa shape index (κ3) is 5.18. The molecule has 5 heteroatoms. The fourth-order valence-electron chi connectivity index (χ4n) is 1.93. The molecular weight excluding hydrogens is 268 g/mol. The third-order valence-corrected chi connectivity index (χ3v) is 3.04. The maximum atomic E-state index is 11.9. The van der Waals surface area contributed by atoms with Crippen LogP contribution >= 0.6 is 0 Å². The van der Waals surface area contributed by atoms with Crippen LogP contribution in [0.15, 0.2) is 18.3 Å². The van der Waals surface area contributed by atoms with Crippen molar-refractivity contribution < 1.29 is 14.6 Å². The monoisotopic (exact) mass is 288 g/mol. The van der Waals surface area contributed by atoms with Gasteiger partial charge in [-0.3, -0.25) is 4.79 Å². The largest absolute Gasteiger partial charge is 0.378 e. The smallest absolute Gasteiger partial charge is 0.252 e. The molecule has 5 nitrogen and oxygen atoms in total. The van der Waals surface area contributed by atoms with E-state index in [4.69, 9.17) is 4.74 Å². The molecule has 21 heavy (non-hydrogen) atoms. The van der Waals surface area contributed by atoms with Crippen LogP contribution in [-0.4, -0.2) is 40.9 Å². The first kappa shape index (κ1) is 15.5. The summed E-state index contributed by atoms with van der Waals surface area (Å²) in [5.41, 5.74) is -0.0476. The Balaban J connectivity index is 1.91. The van der Waals surface area contributed by atoms with Crippen molar-refractivity contribution in [3.63, 3.8) is 0 Å². The normalized spacial score (nSPS) is 18.0. The summed E-state index contributed by atoms with van der Waals surface area (Å²) in [4.78, 5) is 16.1. The molecule has 2 N–H and O–H groups in total. The van der Waals surface area contributed by atoms with E-state index in [1.807, 2.05) is 0 Å². The molecule has 1 aliphatic heterocycles. The van der Waals surface area contributed by atoms with Crippen LogP contribution in [0.5, 0.6) is 0 Å². The summed E-state index contributed by atoms with van der Waals surface area (Å²) in [6.07, 6.45) is 3.65. The number of rotatable bonds is 3. The number of nitrogens with zero attached hydrogens (tertiary/aromatic N) is 1. The van der Waals surface area contributed by atoms with Crippen LogP contribution in [0.3, 0.4) is 0 Å². The minimum absolute atomic E-state index is 0.124. The van der Waals surface area contributed by atoms with Gasteiger partial charge >= 0.3 is 0 Å². The van der Waals surface area contributed by atoms with Gasteiger partial charge in [-0.2, -0.15) is 0 Å². The van der Waals surface area contributed by atoms with Crippen molar-refractivity contribution in [1.29, 1.82) is 0 Å². The maximum Gasteiger partial charge on any atom is 0.252 e. The molecule has 1 aliphatic rings. The van der Waals surface area contributed by atoms with Crippen molar-refractivity contribution in [2.24, 2.45) is 0 Å². The highest BCUT2D eigenvalue weighted by Crippen LogP contribution is 2.10. The van der Waals surface area contributed by atoms with Gasteiger partial charge in [-0.1, -0.05) is 5.92 Å². The molecule has 0 aliphatic carbocycles. The molecule has 1 unspecified atom stereocenters. The van der Waals surface area contributed by atoms with Crippen LogP contribution in [0.4, 0.5) is 0 Å². The summed E-state index contributed by atoms with van der Waals surface area (Å²) in [7, 11) is 0. The van der Waals surface area contributed by atoms with E-state index in [1.165, 1.54) is 6.20 Å². The average Bonchev–Trinajstić information content (AvgIpc) is 2.95. The molecule has 1 saturated heterocycles. The molecule has 2 rings (SSSR count). The summed E-state index contributed by atoms with van der Waals surface area (Å²) in [5.74, 6) is 5.27. The van der Waals surface area contributed by atoms with Crippen LogP contribution in [0, 0.1) is 11.8 Å². The fraction of sp³-hybridized carbons (Fsp3) is 0.500. The number of aromatic nitrogens is 1. The number of amides is 1. The minimum Gasteiger partial charge on any atom is -0.378 e. The number of pyridine rings is 1. The van der Waals surface area contributed by atoms with Crippen molar-refractivity contribution in [2.75, 3.05) is 13.2 Å². The number of hydrogen-bond acceptors (Lipinski definition) is 4. The van der Waals surface area contributed by atoms with Gasteiger partial charge in [-0.15, -0.1) is 0 Å².